The van der Waals surface area contributed by atoms with Crippen LogP contribution < -0.4 is 14.9 Å². The molecule has 0 radical (unpaired) electrons. The van der Waals surface area contributed by atoms with Crippen molar-refractivity contribution in [1.29, 1.82) is 0 Å². The molecule has 0 saturated heterocycles. The number of fused-ring (bicyclic) bond motifs is 4. The topological polar surface area (TPSA) is 89.1 Å². The maximum atomic E-state index is 14.0. The van der Waals surface area contributed by atoms with Gasteiger partial charge < -0.3 is 24.1 Å². The number of phenols is 2. The molecule has 186 valence electrons. The number of benzene rings is 2. The number of rotatable bonds is 6. The van der Waals surface area contributed by atoms with Crippen LogP contribution in [0.5, 0.6) is 23.0 Å². The zero-order valence-corrected chi connectivity index (χ0v) is 21.4. The molecule has 0 unspecified atom stereocenters. The molecular formula is C29H34O6. The monoisotopic (exact) mass is 478 g/mol. The van der Waals surface area contributed by atoms with Gasteiger partial charge in [-0.25, -0.2) is 0 Å². The van der Waals surface area contributed by atoms with Crippen LogP contribution in [-0.2, 0) is 12.8 Å². The summed E-state index contributed by atoms with van der Waals surface area (Å²) in [5.41, 5.74) is 3.36. The number of ether oxygens (including phenoxy) is 2. The molecule has 0 aliphatic carbocycles. The fourth-order valence-electron chi connectivity index (χ4n) is 4.71. The molecule has 6 nitrogen and oxygen atoms in total. The van der Waals surface area contributed by atoms with Gasteiger partial charge in [0.05, 0.1) is 12.5 Å². The Morgan fingerprint density at radius 3 is 2.46 bits per heavy atom. The van der Waals surface area contributed by atoms with Crippen molar-refractivity contribution in [1.82, 2.24) is 0 Å². The van der Waals surface area contributed by atoms with Gasteiger partial charge in [0.2, 0.25) is 5.43 Å². The summed E-state index contributed by atoms with van der Waals surface area (Å²) in [5, 5.41) is 21.9. The van der Waals surface area contributed by atoms with Crippen molar-refractivity contribution in [3.05, 3.63) is 56.8 Å². The van der Waals surface area contributed by atoms with Crippen LogP contribution in [0, 0.1) is 0 Å². The standard InChI is InChI=1S/C29H34O6/c1-16(2)8-7-9-17(3)10-11-19-24-22(15-21(31)27(19)33-6)34-23-14-20(30)18-12-13-29(4,5)35-28(18)25(23)26(24)32/h8,10,14-15,30-31H,7,9,11-13H2,1-6H3. The third-order valence-electron chi connectivity index (χ3n) is 6.63. The highest BCUT2D eigenvalue weighted by molar-refractivity contribution is 5.98. The first kappa shape index (κ1) is 24.7. The van der Waals surface area contributed by atoms with E-state index >= 15 is 0 Å². The third kappa shape index (κ3) is 4.75. The smallest absolute Gasteiger partial charge is 0.204 e. The molecule has 0 amide bonds. The van der Waals surface area contributed by atoms with Gasteiger partial charge in [0.1, 0.15) is 33.7 Å². The Hall–Kier alpha value is -3.41. The zero-order valence-electron chi connectivity index (χ0n) is 21.4. The molecule has 1 aliphatic heterocycles. The van der Waals surface area contributed by atoms with E-state index < -0.39 is 5.60 Å². The summed E-state index contributed by atoms with van der Waals surface area (Å²) >= 11 is 0. The number of aromatic hydroxyl groups is 2. The largest absolute Gasteiger partial charge is 0.507 e. The lowest BCUT2D eigenvalue weighted by atomic mass is 9.91. The molecule has 6 heteroatoms. The van der Waals surface area contributed by atoms with E-state index in [4.69, 9.17) is 13.9 Å². The number of allylic oxidation sites excluding steroid dienone is 4. The Bertz CT molecular complexity index is 1420. The van der Waals surface area contributed by atoms with Crippen molar-refractivity contribution in [3.8, 4) is 23.0 Å². The fourth-order valence-corrected chi connectivity index (χ4v) is 4.71. The van der Waals surface area contributed by atoms with Crippen LogP contribution in [0.4, 0.5) is 0 Å². The summed E-state index contributed by atoms with van der Waals surface area (Å²) in [4.78, 5) is 14.0. The van der Waals surface area contributed by atoms with Gasteiger partial charge in [0.25, 0.3) is 0 Å². The first-order chi connectivity index (χ1) is 16.5. The van der Waals surface area contributed by atoms with Crippen molar-refractivity contribution < 1.29 is 24.1 Å². The van der Waals surface area contributed by atoms with Crippen LogP contribution in [-0.4, -0.2) is 22.9 Å². The Labute approximate surface area is 205 Å². The van der Waals surface area contributed by atoms with E-state index in [1.165, 1.54) is 30.4 Å². The first-order valence-electron chi connectivity index (χ1n) is 12.0. The second-order valence-corrected chi connectivity index (χ2v) is 10.2. The number of hydrogen-bond acceptors (Lipinski definition) is 6. The van der Waals surface area contributed by atoms with E-state index in [0.717, 1.165) is 19.3 Å². The molecule has 0 atom stereocenters. The van der Waals surface area contributed by atoms with E-state index in [1.807, 2.05) is 13.8 Å². The Balaban J connectivity index is 1.94. The van der Waals surface area contributed by atoms with Crippen LogP contribution in [0.1, 0.15) is 65.0 Å². The van der Waals surface area contributed by atoms with Gasteiger partial charge in [-0.3, -0.25) is 4.79 Å². The second-order valence-electron chi connectivity index (χ2n) is 10.2. The summed E-state index contributed by atoms with van der Waals surface area (Å²) in [6.07, 6.45) is 7.82. The van der Waals surface area contributed by atoms with Crippen LogP contribution >= 0.6 is 0 Å². The maximum absolute atomic E-state index is 14.0. The highest BCUT2D eigenvalue weighted by Crippen LogP contribution is 2.44. The van der Waals surface area contributed by atoms with E-state index in [1.54, 1.807) is 0 Å². The summed E-state index contributed by atoms with van der Waals surface area (Å²) < 4.78 is 17.8. The molecule has 0 spiro atoms. The van der Waals surface area contributed by atoms with Crippen molar-refractivity contribution in [2.24, 2.45) is 0 Å². The fraction of sp³-hybridized carbons (Fsp3) is 0.414. The highest BCUT2D eigenvalue weighted by Gasteiger charge is 2.32. The summed E-state index contributed by atoms with van der Waals surface area (Å²) in [6, 6.07) is 2.86. The predicted octanol–water partition coefficient (Wildman–Crippen LogP) is 6.70. The maximum Gasteiger partial charge on any atom is 0.204 e. The Kier molecular flexibility index (Phi) is 6.58. The summed E-state index contributed by atoms with van der Waals surface area (Å²) in [6.45, 7) is 10.1. The van der Waals surface area contributed by atoms with Crippen LogP contribution in [0.25, 0.3) is 21.9 Å². The zero-order chi connectivity index (χ0) is 25.5. The average Bonchev–Trinajstić information content (AvgIpc) is 2.76. The number of hydrogen-bond donors (Lipinski definition) is 2. The molecular weight excluding hydrogens is 444 g/mol. The molecule has 0 saturated carbocycles. The van der Waals surface area contributed by atoms with Gasteiger partial charge in [-0.2, -0.15) is 0 Å². The van der Waals surface area contributed by atoms with E-state index in [0.29, 0.717) is 40.5 Å². The minimum atomic E-state index is -0.476. The van der Waals surface area contributed by atoms with E-state index in [-0.39, 0.29) is 33.8 Å². The lowest BCUT2D eigenvalue weighted by molar-refractivity contribution is 0.0858. The van der Waals surface area contributed by atoms with Gasteiger partial charge in [0.15, 0.2) is 11.5 Å². The number of phenolic OH excluding ortho intramolecular Hbond substituents is 2. The number of methoxy groups -OCH3 is 1. The Morgan fingerprint density at radius 2 is 1.77 bits per heavy atom. The SMILES string of the molecule is COc1c(O)cc2oc3cc(O)c4c(c3c(=O)c2c1CC=C(C)CCC=C(C)C)OC(C)(C)CC4. The molecule has 35 heavy (non-hydrogen) atoms. The van der Waals surface area contributed by atoms with Gasteiger partial charge >= 0.3 is 0 Å². The predicted molar refractivity (Wildman–Crippen MR) is 139 cm³/mol. The minimum absolute atomic E-state index is 0.0402. The summed E-state index contributed by atoms with van der Waals surface area (Å²) in [7, 11) is 1.48. The van der Waals surface area contributed by atoms with Gasteiger partial charge in [-0.1, -0.05) is 23.3 Å². The lowest BCUT2D eigenvalue weighted by Crippen LogP contribution is -2.33. The lowest BCUT2D eigenvalue weighted by Gasteiger charge is -2.33. The van der Waals surface area contributed by atoms with Crippen molar-refractivity contribution in [2.45, 2.75) is 72.3 Å². The quantitative estimate of drug-likeness (QED) is 0.302. The molecule has 0 fully saturated rings. The molecule has 2 heterocycles. The molecule has 2 N–H and O–H groups in total. The van der Waals surface area contributed by atoms with Crippen molar-refractivity contribution in [3.63, 3.8) is 0 Å². The molecule has 0 bridgehead atoms. The van der Waals surface area contributed by atoms with Gasteiger partial charge in [-0.15, -0.1) is 0 Å². The van der Waals surface area contributed by atoms with E-state index in [9.17, 15) is 15.0 Å². The molecule has 2 aromatic carbocycles. The van der Waals surface area contributed by atoms with Crippen LogP contribution in [0.2, 0.25) is 0 Å². The highest BCUT2D eigenvalue weighted by atomic mass is 16.5. The third-order valence-corrected chi connectivity index (χ3v) is 6.63. The average molecular weight is 479 g/mol. The van der Waals surface area contributed by atoms with Crippen LogP contribution in [0.15, 0.2) is 44.6 Å². The van der Waals surface area contributed by atoms with Gasteiger partial charge in [-0.05, 0) is 66.7 Å². The molecule has 1 aromatic heterocycles. The minimum Gasteiger partial charge on any atom is -0.507 e. The normalized spacial score (nSPS) is 15.1. The molecule has 1 aliphatic rings. The second kappa shape index (κ2) is 9.33. The van der Waals surface area contributed by atoms with Gasteiger partial charge in [0, 0.05) is 23.3 Å². The van der Waals surface area contributed by atoms with Crippen molar-refractivity contribution >= 4 is 21.9 Å². The summed E-state index contributed by atoms with van der Waals surface area (Å²) in [5.74, 6) is 0.566. The Morgan fingerprint density at radius 1 is 1.09 bits per heavy atom. The van der Waals surface area contributed by atoms with Crippen molar-refractivity contribution in [2.75, 3.05) is 7.11 Å². The molecule has 4 rings (SSSR count). The van der Waals surface area contributed by atoms with E-state index in [2.05, 4.69) is 32.9 Å². The van der Waals surface area contributed by atoms with Crippen LogP contribution in [0.3, 0.4) is 0 Å². The molecule has 3 aromatic rings. The first-order valence-corrected chi connectivity index (χ1v) is 12.0.